The summed E-state index contributed by atoms with van der Waals surface area (Å²) in [5.74, 6) is 1.01. The molecule has 1 N–H and O–H groups in total. The number of aryl methyl sites for hydroxylation is 1. The van der Waals surface area contributed by atoms with Crippen molar-refractivity contribution >= 4 is 41.0 Å². The van der Waals surface area contributed by atoms with E-state index < -0.39 is 0 Å². The summed E-state index contributed by atoms with van der Waals surface area (Å²) in [6, 6.07) is 19.2. The van der Waals surface area contributed by atoms with Crippen LogP contribution in [0.5, 0.6) is 0 Å². The lowest BCUT2D eigenvalue weighted by Crippen LogP contribution is -2.42. The number of carbonyl (C=O) groups excluding carboxylic acids is 2. The summed E-state index contributed by atoms with van der Waals surface area (Å²) >= 11 is 7.95. The summed E-state index contributed by atoms with van der Waals surface area (Å²) in [6.45, 7) is 8.46. The number of hydrogen-bond acceptors (Lipinski definition) is 5. The molecule has 3 heterocycles. The highest BCUT2D eigenvalue weighted by atomic mass is 35.5. The molecule has 0 aliphatic carbocycles. The van der Waals surface area contributed by atoms with Gasteiger partial charge in [-0.15, -0.1) is 11.8 Å². The molecular formula is C30H31ClN4O3S. The third-order valence-electron chi connectivity index (χ3n) is 6.64. The third-order valence-corrected chi connectivity index (χ3v) is 8.13. The zero-order valence-corrected chi connectivity index (χ0v) is 24.0. The van der Waals surface area contributed by atoms with Crippen LogP contribution in [0, 0.1) is 6.92 Å². The molecule has 0 spiro atoms. The Bertz CT molecular complexity index is 1510. The molecular weight excluding hydrogens is 532 g/mol. The number of thioether (sulfide) groups is 1. The normalized spacial score (nSPS) is 15.7. The highest BCUT2D eigenvalue weighted by molar-refractivity contribution is 8.00. The molecule has 1 atom stereocenters. The Hall–Kier alpha value is -3.49. The number of benzene rings is 2. The summed E-state index contributed by atoms with van der Waals surface area (Å²) in [5.41, 5.74) is 4.30. The number of nitrogens with one attached hydrogen (secondary N) is 1. The largest absolute Gasteiger partial charge is 0.467 e. The zero-order valence-electron chi connectivity index (χ0n) is 22.4. The molecule has 0 saturated heterocycles. The van der Waals surface area contributed by atoms with E-state index in [-0.39, 0.29) is 41.3 Å². The van der Waals surface area contributed by atoms with E-state index >= 15 is 0 Å². The number of hydrogen-bond donors (Lipinski definition) is 1. The van der Waals surface area contributed by atoms with E-state index in [4.69, 9.17) is 21.1 Å². The smallest absolute Gasteiger partial charge is 0.240 e. The van der Waals surface area contributed by atoms with Crippen molar-refractivity contribution in [2.24, 2.45) is 0 Å². The van der Waals surface area contributed by atoms with E-state index in [0.717, 1.165) is 28.1 Å². The number of fused-ring (bicyclic) bond motifs is 1. The molecule has 4 aromatic rings. The Morgan fingerprint density at radius 3 is 2.64 bits per heavy atom. The van der Waals surface area contributed by atoms with Gasteiger partial charge in [0.15, 0.2) is 0 Å². The van der Waals surface area contributed by atoms with E-state index in [2.05, 4.69) is 26.1 Å². The SMILES string of the molecule is Cc1ccccc1-n1nc(C(C)(C)C)c2c1N(CC(=O)NCc1ccco1)C(=O)CSC2c1cccc(Cl)c1. The predicted molar refractivity (Wildman–Crippen MR) is 156 cm³/mol. The minimum Gasteiger partial charge on any atom is -0.467 e. The highest BCUT2D eigenvalue weighted by Crippen LogP contribution is 2.48. The predicted octanol–water partition coefficient (Wildman–Crippen LogP) is 6.21. The van der Waals surface area contributed by atoms with Crippen LogP contribution in [-0.4, -0.2) is 33.9 Å². The van der Waals surface area contributed by atoms with Gasteiger partial charge in [-0.25, -0.2) is 4.68 Å². The fraction of sp³-hybridized carbons (Fsp3) is 0.300. The van der Waals surface area contributed by atoms with E-state index in [0.29, 0.717) is 16.6 Å². The number of anilines is 1. The van der Waals surface area contributed by atoms with Gasteiger partial charge in [0.05, 0.1) is 35.2 Å². The van der Waals surface area contributed by atoms with Crippen molar-refractivity contribution in [3.05, 3.63) is 100 Å². The van der Waals surface area contributed by atoms with E-state index in [1.54, 1.807) is 23.3 Å². The lowest BCUT2D eigenvalue weighted by molar-refractivity contribution is -0.123. The van der Waals surface area contributed by atoms with Crippen molar-refractivity contribution in [3.8, 4) is 5.69 Å². The van der Waals surface area contributed by atoms with Gasteiger partial charge >= 0.3 is 0 Å². The first kappa shape index (κ1) is 27.1. The molecule has 2 amide bonds. The van der Waals surface area contributed by atoms with Gasteiger partial charge in [0.1, 0.15) is 18.1 Å². The molecule has 0 saturated carbocycles. The number of para-hydroxylation sites is 1. The quantitative estimate of drug-likeness (QED) is 0.302. The maximum atomic E-state index is 13.8. The van der Waals surface area contributed by atoms with Gasteiger partial charge in [-0.3, -0.25) is 14.5 Å². The zero-order chi connectivity index (χ0) is 27.7. The van der Waals surface area contributed by atoms with E-state index in [1.807, 2.05) is 60.1 Å². The van der Waals surface area contributed by atoms with Gasteiger partial charge in [0, 0.05) is 16.0 Å². The monoisotopic (exact) mass is 562 g/mol. The summed E-state index contributed by atoms with van der Waals surface area (Å²) in [4.78, 5) is 28.5. The van der Waals surface area contributed by atoms with Crippen LogP contribution in [0.4, 0.5) is 5.82 Å². The van der Waals surface area contributed by atoms with Crippen LogP contribution in [0.25, 0.3) is 5.69 Å². The first-order valence-electron chi connectivity index (χ1n) is 12.8. The molecule has 2 aromatic carbocycles. The Morgan fingerprint density at radius 2 is 1.95 bits per heavy atom. The maximum Gasteiger partial charge on any atom is 0.240 e. The molecule has 39 heavy (non-hydrogen) atoms. The van der Waals surface area contributed by atoms with Crippen LogP contribution in [0.1, 0.15) is 54.2 Å². The van der Waals surface area contributed by atoms with Gasteiger partial charge in [-0.05, 0) is 48.4 Å². The number of aromatic nitrogens is 2. The summed E-state index contributed by atoms with van der Waals surface area (Å²) in [5, 5.41) is 8.45. The lowest BCUT2D eigenvalue weighted by atomic mass is 9.87. The number of rotatable bonds is 6. The Labute approximate surface area is 237 Å². The van der Waals surface area contributed by atoms with Crippen molar-refractivity contribution in [3.63, 3.8) is 0 Å². The van der Waals surface area contributed by atoms with Crippen LogP contribution in [0.2, 0.25) is 5.02 Å². The second-order valence-electron chi connectivity index (χ2n) is 10.6. The minimum absolute atomic E-state index is 0.142. The lowest BCUT2D eigenvalue weighted by Gasteiger charge is -2.25. The fourth-order valence-corrected chi connectivity index (χ4v) is 6.16. The molecule has 202 valence electrons. The van der Waals surface area contributed by atoms with E-state index in [9.17, 15) is 9.59 Å². The Balaban J connectivity index is 1.69. The number of carbonyl (C=O) groups is 2. The van der Waals surface area contributed by atoms with Gasteiger partial charge in [-0.1, -0.05) is 62.7 Å². The van der Waals surface area contributed by atoms with Gasteiger partial charge < -0.3 is 9.73 Å². The number of halogens is 1. The molecule has 1 aliphatic heterocycles. The average molecular weight is 563 g/mol. The van der Waals surface area contributed by atoms with E-state index in [1.165, 1.54) is 11.8 Å². The molecule has 7 nitrogen and oxygen atoms in total. The molecule has 0 radical (unpaired) electrons. The second-order valence-corrected chi connectivity index (χ2v) is 12.1. The van der Waals surface area contributed by atoms with Crippen molar-refractivity contribution in [1.29, 1.82) is 0 Å². The molecule has 0 fully saturated rings. The fourth-order valence-electron chi connectivity index (χ4n) is 4.77. The van der Waals surface area contributed by atoms with Gasteiger partial charge in [-0.2, -0.15) is 5.10 Å². The van der Waals surface area contributed by atoms with Crippen LogP contribution >= 0.6 is 23.4 Å². The first-order chi connectivity index (χ1) is 18.6. The molecule has 1 unspecified atom stereocenters. The average Bonchev–Trinajstić information content (AvgIpc) is 3.52. The highest BCUT2D eigenvalue weighted by Gasteiger charge is 2.40. The van der Waals surface area contributed by atoms with Crippen molar-refractivity contribution < 1.29 is 14.0 Å². The molecule has 1 aliphatic rings. The van der Waals surface area contributed by atoms with Crippen LogP contribution in [-0.2, 0) is 21.5 Å². The first-order valence-corrected chi connectivity index (χ1v) is 14.2. The van der Waals surface area contributed by atoms with Crippen molar-refractivity contribution in [2.45, 2.75) is 44.9 Å². The van der Waals surface area contributed by atoms with Crippen LogP contribution in [0.15, 0.2) is 71.3 Å². The summed E-state index contributed by atoms with van der Waals surface area (Å²) < 4.78 is 7.19. The number of nitrogens with zero attached hydrogens (tertiary/aromatic N) is 3. The van der Waals surface area contributed by atoms with Gasteiger partial charge in [0.25, 0.3) is 0 Å². The molecule has 2 aromatic heterocycles. The van der Waals surface area contributed by atoms with Gasteiger partial charge in [0.2, 0.25) is 11.8 Å². The van der Waals surface area contributed by atoms with Crippen molar-refractivity contribution in [2.75, 3.05) is 17.2 Å². The third kappa shape index (κ3) is 5.63. The van der Waals surface area contributed by atoms with Crippen LogP contribution in [0.3, 0.4) is 0 Å². The molecule has 5 rings (SSSR count). The number of furan rings is 1. The summed E-state index contributed by atoms with van der Waals surface area (Å²) in [6.07, 6.45) is 1.56. The number of amides is 2. The van der Waals surface area contributed by atoms with Crippen molar-refractivity contribution in [1.82, 2.24) is 15.1 Å². The minimum atomic E-state index is -0.337. The summed E-state index contributed by atoms with van der Waals surface area (Å²) in [7, 11) is 0. The Kier molecular flexibility index (Phi) is 7.60. The standard InChI is InChI=1S/C30H31ClN4O3S/c1-19-9-5-6-13-23(19)35-29-26(28(33-35)30(2,3)4)27(20-10-7-11-21(31)15-20)39-18-25(37)34(29)17-24(36)32-16-22-12-8-14-38-22/h5-15,27H,16-18H2,1-4H3,(H,32,36). The molecule has 9 heteroatoms. The van der Waals surface area contributed by atoms with Crippen LogP contribution < -0.4 is 10.2 Å². The maximum absolute atomic E-state index is 13.8. The topological polar surface area (TPSA) is 80.4 Å². The molecule has 0 bridgehead atoms. The Morgan fingerprint density at radius 1 is 1.15 bits per heavy atom. The second kappa shape index (κ2) is 10.9.